The Kier molecular flexibility index (Phi) is 6.84. The fourth-order valence-electron chi connectivity index (χ4n) is 3.81. The van der Waals surface area contributed by atoms with Gasteiger partial charge in [-0.2, -0.15) is 18.3 Å². The van der Waals surface area contributed by atoms with E-state index in [0.717, 1.165) is 22.9 Å². The van der Waals surface area contributed by atoms with E-state index >= 15 is 0 Å². The van der Waals surface area contributed by atoms with Gasteiger partial charge in [0, 0.05) is 6.42 Å². The standard InChI is InChI=1S/C26H22ClF3N2O2/c1-33-20-12-7-17(8-13-20)6-11-19-16-24(18-9-14-21(34-2)15-10-18)32(31-19)25-22(26(28,29)30)4-3-5-23(25)27/h3-15,24H,16H2,1-2H3/b11-6+. The van der Waals surface area contributed by atoms with E-state index in [-0.39, 0.29) is 10.7 Å². The minimum Gasteiger partial charge on any atom is -0.497 e. The van der Waals surface area contributed by atoms with Gasteiger partial charge in [-0.1, -0.05) is 48.0 Å². The predicted molar refractivity (Wildman–Crippen MR) is 129 cm³/mol. The van der Waals surface area contributed by atoms with E-state index in [1.807, 2.05) is 48.6 Å². The van der Waals surface area contributed by atoms with Gasteiger partial charge < -0.3 is 9.47 Å². The van der Waals surface area contributed by atoms with Crippen LogP contribution in [0.4, 0.5) is 18.9 Å². The van der Waals surface area contributed by atoms with Crippen LogP contribution in [-0.4, -0.2) is 19.9 Å². The number of anilines is 1. The average molecular weight is 487 g/mol. The second-order valence-corrected chi connectivity index (χ2v) is 8.08. The molecule has 1 aliphatic heterocycles. The van der Waals surface area contributed by atoms with Crippen LogP contribution < -0.4 is 14.5 Å². The van der Waals surface area contributed by atoms with E-state index in [1.54, 1.807) is 26.4 Å². The van der Waals surface area contributed by atoms with Crippen LogP contribution in [0.5, 0.6) is 11.5 Å². The van der Waals surface area contributed by atoms with Crippen LogP contribution >= 0.6 is 11.6 Å². The van der Waals surface area contributed by atoms with Gasteiger partial charge in [0.1, 0.15) is 11.5 Å². The molecule has 34 heavy (non-hydrogen) atoms. The minimum atomic E-state index is -4.58. The highest BCUT2D eigenvalue weighted by Crippen LogP contribution is 2.46. The Morgan fingerprint density at radius 3 is 2.12 bits per heavy atom. The molecule has 176 valence electrons. The number of hydrazone groups is 1. The lowest BCUT2D eigenvalue weighted by Crippen LogP contribution is -2.22. The lowest BCUT2D eigenvalue weighted by Gasteiger charge is -2.27. The fraction of sp³-hybridized carbons (Fsp3) is 0.192. The van der Waals surface area contributed by atoms with Crippen LogP contribution in [0, 0.1) is 0 Å². The molecule has 1 heterocycles. The van der Waals surface area contributed by atoms with Crippen molar-refractivity contribution in [3.63, 3.8) is 0 Å². The molecule has 1 unspecified atom stereocenters. The molecule has 0 bridgehead atoms. The average Bonchev–Trinajstić information content (AvgIpc) is 3.26. The maximum Gasteiger partial charge on any atom is 0.418 e. The molecule has 0 amide bonds. The lowest BCUT2D eigenvalue weighted by atomic mass is 10.00. The summed E-state index contributed by atoms with van der Waals surface area (Å²) < 4.78 is 52.0. The second-order valence-electron chi connectivity index (χ2n) is 7.67. The van der Waals surface area contributed by atoms with E-state index in [1.165, 1.54) is 17.1 Å². The highest BCUT2D eigenvalue weighted by atomic mass is 35.5. The van der Waals surface area contributed by atoms with Crippen molar-refractivity contribution in [3.05, 3.63) is 94.5 Å². The van der Waals surface area contributed by atoms with E-state index in [2.05, 4.69) is 5.10 Å². The lowest BCUT2D eigenvalue weighted by molar-refractivity contribution is -0.137. The molecule has 0 spiro atoms. The molecule has 1 aliphatic rings. The molecule has 0 aliphatic carbocycles. The Hall–Kier alpha value is -3.45. The third kappa shape index (κ3) is 5.04. The zero-order valence-corrected chi connectivity index (χ0v) is 19.3. The van der Waals surface area contributed by atoms with Crippen LogP contribution in [-0.2, 0) is 6.18 Å². The summed E-state index contributed by atoms with van der Waals surface area (Å²) in [6.45, 7) is 0. The normalized spacial score (nSPS) is 16.1. The molecule has 3 aromatic carbocycles. The number of alkyl halides is 3. The van der Waals surface area contributed by atoms with E-state index in [4.69, 9.17) is 21.1 Å². The van der Waals surface area contributed by atoms with Gasteiger partial charge in [0.15, 0.2) is 0 Å². The molecular formula is C26H22ClF3N2O2. The third-order valence-electron chi connectivity index (χ3n) is 5.54. The molecule has 4 nitrogen and oxygen atoms in total. The van der Waals surface area contributed by atoms with Crippen molar-refractivity contribution in [1.82, 2.24) is 0 Å². The van der Waals surface area contributed by atoms with E-state index < -0.39 is 17.8 Å². The van der Waals surface area contributed by atoms with Crippen molar-refractivity contribution < 1.29 is 22.6 Å². The van der Waals surface area contributed by atoms with Crippen molar-refractivity contribution in [2.45, 2.75) is 18.6 Å². The Labute approximate surface area is 200 Å². The smallest absolute Gasteiger partial charge is 0.418 e. The van der Waals surface area contributed by atoms with Crippen LogP contribution in [0.25, 0.3) is 6.08 Å². The Bertz CT molecular complexity index is 1210. The Balaban J connectivity index is 1.74. The summed E-state index contributed by atoms with van der Waals surface area (Å²) in [4.78, 5) is 0. The van der Waals surface area contributed by atoms with Crippen LogP contribution in [0.15, 0.2) is 77.9 Å². The number of halogens is 4. The number of nitrogens with zero attached hydrogens (tertiary/aromatic N) is 2. The summed E-state index contributed by atoms with van der Waals surface area (Å²) in [5.74, 6) is 1.39. The van der Waals surface area contributed by atoms with Crippen LogP contribution in [0.2, 0.25) is 5.02 Å². The molecule has 4 rings (SSSR count). The Morgan fingerprint density at radius 2 is 1.53 bits per heavy atom. The maximum atomic E-state index is 13.9. The summed E-state index contributed by atoms with van der Waals surface area (Å²) >= 11 is 6.30. The fourth-order valence-corrected chi connectivity index (χ4v) is 4.07. The van der Waals surface area contributed by atoms with Gasteiger partial charge in [-0.05, 0) is 53.6 Å². The highest BCUT2D eigenvalue weighted by Gasteiger charge is 2.39. The quantitative estimate of drug-likeness (QED) is 0.364. The topological polar surface area (TPSA) is 34.1 Å². The van der Waals surface area contributed by atoms with Crippen LogP contribution in [0.1, 0.15) is 29.2 Å². The second kappa shape index (κ2) is 9.81. The summed E-state index contributed by atoms with van der Waals surface area (Å²) in [6, 6.07) is 17.9. The summed E-state index contributed by atoms with van der Waals surface area (Å²) in [7, 11) is 3.15. The first-order valence-corrected chi connectivity index (χ1v) is 10.9. The molecular weight excluding hydrogens is 465 g/mol. The first-order chi connectivity index (χ1) is 16.3. The van der Waals surface area contributed by atoms with Crippen molar-refractivity contribution >= 4 is 29.1 Å². The summed E-state index contributed by atoms with van der Waals surface area (Å²) in [6.07, 6.45) is -0.504. The maximum absolute atomic E-state index is 13.9. The largest absolute Gasteiger partial charge is 0.497 e. The van der Waals surface area contributed by atoms with E-state index in [0.29, 0.717) is 17.9 Å². The Morgan fingerprint density at radius 1 is 0.912 bits per heavy atom. The zero-order chi connectivity index (χ0) is 24.3. The number of hydrogen-bond donors (Lipinski definition) is 0. The van der Waals surface area contributed by atoms with Crippen molar-refractivity contribution in [1.29, 1.82) is 0 Å². The number of methoxy groups -OCH3 is 2. The number of allylic oxidation sites excluding steroid dienone is 1. The number of rotatable bonds is 6. The molecule has 0 saturated carbocycles. The summed E-state index contributed by atoms with van der Waals surface area (Å²) in [5, 5.41) is 5.92. The first-order valence-electron chi connectivity index (χ1n) is 10.5. The van der Waals surface area contributed by atoms with Gasteiger partial charge in [-0.25, -0.2) is 0 Å². The number of benzene rings is 3. The van der Waals surface area contributed by atoms with Gasteiger partial charge in [-0.15, -0.1) is 0 Å². The number of hydrogen-bond acceptors (Lipinski definition) is 4. The number of ether oxygens (including phenoxy) is 2. The van der Waals surface area contributed by atoms with Gasteiger partial charge in [0.05, 0.1) is 42.2 Å². The molecule has 8 heteroatoms. The highest BCUT2D eigenvalue weighted by molar-refractivity contribution is 6.33. The predicted octanol–water partition coefficient (Wildman–Crippen LogP) is 7.40. The van der Waals surface area contributed by atoms with E-state index in [9.17, 15) is 13.2 Å². The first kappa shape index (κ1) is 23.7. The van der Waals surface area contributed by atoms with Gasteiger partial charge in [0.2, 0.25) is 0 Å². The third-order valence-corrected chi connectivity index (χ3v) is 5.84. The van der Waals surface area contributed by atoms with Crippen molar-refractivity contribution in [3.8, 4) is 11.5 Å². The molecule has 0 fully saturated rings. The SMILES string of the molecule is COc1ccc(/C=C/C2=NN(c3c(Cl)cccc3C(F)(F)F)C(c3ccc(OC)cc3)C2)cc1. The monoisotopic (exact) mass is 486 g/mol. The van der Waals surface area contributed by atoms with Crippen molar-refractivity contribution in [2.24, 2.45) is 5.10 Å². The van der Waals surface area contributed by atoms with Crippen LogP contribution in [0.3, 0.4) is 0 Å². The molecule has 0 saturated heterocycles. The van der Waals surface area contributed by atoms with Gasteiger partial charge in [0.25, 0.3) is 0 Å². The van der Waals surface area contributed by atoms with Gasteiger partial charge in [-0.3, -0.25) is 5.01 Å². The number of para-hydroxylation sites is 1. The molecule has 0 aromatic heterocycles. The molecule has 3 aromatic rings. The minimum absolute atomic E-state index is 0.0162. The molecule has 0 N–H and O–H groups in total. The molecule has 0 radical (unpaired) electrons. The summed E-state index contributed by atoms with van der Waals surface area (Å²) in [5.41, 5.74) is 1.35. The van der Waals surface area contributed by atoms with Crippen molar-refractivity contribution in [2.75, 3.05) is 19.2 Å². The molecule has 1 atom stereocenters. The van der Waals surface area contributed by atoms with Gasteiger partial charge >= 0.3 is 6.18 Å². The zero-order valence-electron chi connectivity index (χ0n) is 18.5.